The quantitative estimate of drug-likeness (QED) is 0.788. The molecule has 0 amide bonds. The molecule has 1 aliphatic carbocycles. The molecule has 0 spiro atoms. The standard InChI is InChI=1S/C17H28N2/c1-14-6-5-7-15(10-14)16(2,3)11-19-13-17(8-9-17)12-18-4/h5-7,10,18-19H,8-9,11-13H2,1-4H3. The van der Waals surface area contributed by atoms with Crippen molar-refractivity contribution in [2.24, 2.45) is 5.41 Å². The van der Waals surface area contributed by atoms with Gasteiger partial charge >= 0.3 is 0 Å². The number of rotatable bonds is 7. The van der Waals surface area contributed by atoms with Crippen molar-refractivity contribution in [1.82, 2.24) is 10.6 Å². The Hall–Kier alpha value is -0.860. The summed E-state index contributed by atoms with van der Waals surface area (Å²) in [5.41, 5.74) is 3.51. The maximum absolute atomic E-state index is 3.69. The molecule has 2 rings (SSSR count). The van der Waals surface area contributed by atoms with E-state index in [2.05, 4.69) is 62.7 Å². The van der Waals surface area contributed by atoms with E-state index >= 15 is 0 Å². The van der Waals surface area contributed by atoms with Gasteiger partial charge in [-0.05, 0) is 37.8 Å². The number of nitrogens with one attached hydrogen (secondary N) is 2. The second kappa shape index (κ2) is 5.64. The van der Waals surface area contributed by atoms with E-state index in [9.17, 15) is 0 Å². The van der Waals surface area contributed by atoms with Gasteiger partial charge in [0.25, 0.3) is 0 Å². The highest BCUT2D eigenvalue weighted by molar-refractivity contribution is 5.28. The van der Waals surface area contributed by atoms with Crippen LogP contribution in [0.25, 0.3) is 0 Å². The molecule has 1 saturated carbocycles. The highest BCUT2D eigenvalue weighted by atomic mass is 14.9. The zero-order chi connectivity index (χ0) is 13.9. The van der Waals surface area contributed by atoms with Crippen molar-refractivity contribution in [2.45, 2.75) is 39.0 Å². The van der Waals surface area contributed by atoms with E-state index in [0.717, 1.165) is 19.6 Å². The first-order valence-electron chi connectivity index (χ1n) is 7.40. The van der Waals surface area contributed by atoms with Gasteiger partial charge in [0.2, 0.25) is 0 Å². The molecular weight excluding hydrogens is 232 g/mol. The van der Waals surface area contributed by atoms with E-state index in [1.54, 1.807) is 0 Å². The van der Waals surface area contributed by atoms with Crippen LogP contribution in [0.4, 0.5) is 0 Å². The van der Waals surface area contributed by atoms with E-state index in [4.69, 9.17) is 0 Å². The summed E-state index contributed by atoms with van der Waals surface area (Å²) in [6.45, 7) is 10.1. The Morgan fingerprint density at radius 1 is 1.21 bits per heavy atom. The Kier molecular flexibility index (Phi) is 4.32. The molecule has 1 aromatic rings. The topological polar surface area (TPSA) is 24.1 Å². The van der Waals surface area contributed by atoms with Gasteiger partial charge in [0.15, 0.2) is 0 Å². The summed E-state index contributed by atoms with van der Waals surface area (Å²) in [6, 6.07) is 8.88. The van der Waals surface area contributed by atoms with Crippen LogP contribution in [0.2, 0.25) is 0 Å². The molecule has 0 radical (unpaired) electrons. The monoisotopic (exact) mass is 260 g/mol. The molecule has 1 aromatic carbocycles. The summed E-state index contributed by atoms with van der Waals surface area (Å²) >= 11 is 0. The molecule has 0 aromatic heterocycles. The lowest BCUT2D eigenvalue weighted by molar-refractivity contribution is 0.396. The van der Waals surface area contributed by atoms with Crippen molar-refractivity contribution < 1.29 is 0 Å². The van der Waals surface area contributed by atoms with Crippen LogP contribution in [-0.4, -0.2) is 26.7 Å². The van der Waals surface area contributed by atoms with E-state index in [-0.39, 0.29) is 5.41 Å². The first kappa shape index (κ1) is 14.5. The molecule has 0 unspecified atom stereocenters. The van der Waals surface area contributed by atoms with E-state index in [1.165, 1.54) is 24.0 Å². The Bertz CT molecular complexity index is 419. The second-order valence-corrected chi connectivity index (χ2v) is 6.89. The van der Waals surface area contributed by atoms with Crippen LogP contribution < -0.4 is 10.6 Å². The third-order valence-electron chi connectivity index (χ3n) is 4.38. The lowest BCUT2D eigenvalue weighted by Gasteiger charge is -2.27. The smallest absolute Gasteiger partial charge is 0.00434 e. The van der Waals surface area contributed by atoms with Crippen molar-refractivity contribution in [3.8, 4) is 0 Å². The highest BCUT2D eigenvalue weighted by Crippen LogP contribution is 2.44. The normalized spacial score (nSPS) is 17.5. The Morgan fingerprint density at radius 2 is 1.95 bits per heavy atom. The third-order valence-corrected chi connectivity index (χ3v) is 4.38. The number of aryl methyl sites for hydroxylation is 1. The fourth-order valence-corrected chi connectivity index (χ4v) is 2.78. The van der Waals surface area contributed by atoms with Gasteiger partial charge < -0.3 is 10.6 Å². The van der Waals surface area contributed by atoms with Crippen LogP contribution in [0.1, 0.15) is 37.8 Å². The second-order valence-electron chi connectivity index (χ2n) is 6.89. The predicted molar refractivity (Wildman–Crippen MR) is 82.7 cm³/mol. The van der Waals surface area contributed by atoms with Crippen LogP contribution in [0.5, 0.6) is 0 Å². The van der Waals surface area contributed by atoms with Crippen LogP contribution in [-0.2, 0) is 5.41 Å². The lowest BCUT2D eigenvalue weighted by atomic mass is 9.84. The average Bonchev–Trinajstić information content (AvgIpc) is 3.09. The lowest BCUT2D eigenvalue weighted by Crippen LogP contribution is -2.38. The average molecular weight is 260 g/mol. The van der Waals surface area contributed by atoms with Gasteiger partial charge in [-0.2, -0.15) is 0 Å². The number of hydrogen-bond donors (Lipinski definition) is 2. The van der Waals surface area contributed by atoms with E-state index < -0.39 is 0 Å². The maximum atomic E-state index is 3.69. The predicted octanol–water partition coefficient (Wildman–Crippen LogP) is 2.86. The molecule has 19 heavy (non-hydrogen) atoms. The van der Waals surface area contributed by atoms with Gasteiger partial charge in [-0.3, -0.25) is 0 Å². The molecule has 1 fully saturated rings. The molecule has 2 heteroatoms. The first-order valence-corrected chi connectivity index (χ1v) is 7.40. The Morgan fingerprint density at radius 3 is 2.53 bits per heavy atom. The SMILES string of the molecule is CNCC1(CNCC(C)(C)c2cccc(C)c2)CC1. The summed E-state index contributed by atoms with van der Waals surface area (Å²) < 4.78 is 0. The van der Waals surface area contributed by atoms with Crippen LogP contribution in [0, 0.1) is 12.3 Å². The third kappa shape index (κ3) is 3.80. The minimum absolute atomic E-state index is 0.196. The molecular formula is C17H28N2. The summed E-state index contributed by atoms with van der Waals surface area (Å²) in [7, 11) is 2.05. The van der Waals surface area contributed by atoms with Crippen LogP contribution >= 0.6 is 0 Å². The molecule has 0 heterocycles. The maximum Gasteiger partial charge on any atom is 0.00434 e. The fourth-order valence-electron chi connectivity index (χ4n) is 2.78. The molecule has 0 atom stereocenters. The molecule has 106 valence electrons. The van der Waals surface area contributed by atoms with Crippen LogP contribution in [0.3, 0.4) is 0 Å². The molecule has 2 nitrogen and oxygen atoms in total. The summed E-state index contributed by atoms with van der Waals surface area (Å²) in [6.07, 6.45) is 2.73. The Labute approximate surface area is 118 Å². The van der Waals surface area contributed by atoms with Crippen molar-refractivity contribution in [3.05, 3.63) is 35.4 Å². The van der Waals surface area contributed by atoms with Crippen molar-refractivity contribution >= 4 is 0 Å². The zero-order valence-corrected chi connectivity index (χ0v) is 12.8. The van der Waals surface area contributed by atoms with Gasteiger partial charge in [-0.15, -0.1) is 0 Å². The summed E-state index contributed by atoms with van der Waals surface area (Å²) in [5.74, 6) is 0. The summed E-state index contributed by atoms with van der Waals surface area (Å²) in [5, 5.41) is 7.01. The van der Waals surface area contributed by atoms with E-state index in [1.807, 2.05) is 0 Å². The van der Waals surface area contributed by atoms with Crippen molar-refractivity contribution in [2.75, 3.05) is 26.7 Å². The minimum atomic E-state index is 0.196. The number of benzene rings is 1. The summed E-state index contributed by atoms with van der Waals surface area (Å²) in [4.78, 5) is 0. The fraction of sp³-hybridized carbons (Fsp3) is 0.647. The molecule has 1 aliphatic rings. The van der Waals surface area contributed by atoms with Crippen LogP contribution in [0.15, 0.2) is 24.3 Å². The van der Waals surface area contributed by atoms with Gasteiger partial charge in [0.05, 0.1) is 0 Å². The molecule has 0 aliphatic heterocycles. The largest absolute Gasteiger partial charge is 0.319 e. The highest BCUT2D eigenvalue weighted by Gasteiger charge is 2.41. The van der Waals surface area contributed by atoms with Gasteiger partial charge in [-0.1, -0.05) is 43.7 Å². The minimum Gasteiger partial charge on any atom is -0.319 e. The van der Waals surface area contributed by atoms with Gasteiger partial charge in [0, 0.05) is 25.0 Å². The molecule has 0 saturated heterocycles. The molecule has 2 N–H and O–H groups in total. The zero-order valence-electron chi connectivity index (χ0n) is 12.8. The van der Waals surface area contributed by atoms with E-state index in [0.29, 0.717) is 5.41 Å². The molecule has 0 bridgehead atoms. The Balaban J connectivity index is 1.87. The van der Waals surface area contributed by atoms with Gasteiger partial charge in [0.1, 0.15) is 0 Å². The van der Waals surface area contributed by atoms with Gasteiger partial charge in [-0.25, -0.2) is 0 Å². The number of hydrogen-bond acceptors (Lipinski definition) is 2. The van der Waals surface area contributed by atoms with Crippen molar-refractivity contribution in [1.29, 1.82) is 0 Å². The first-order chi connectivity index (χ1) is 8.97. The van der Waals surface area contributed by atoms with Crippen molar-refractivity contribution in [3.63, 3.8) is 0 Å².